The summed E-state index contributed by atoms with van der Waals surface area (Å²) in [4.78, 5) is 135. The van der Waals surface area contributed by atoms with Crippen LogP contribution in [0.1, 0.15) is 133 Å². The van der Waals surface area contributed by atoms with Crippen molar-refractivity contribution in [2.45, 2.75) is 122 Å². The fourth-order valence-electron chi connectivity index (χ4n) is 10.3. The molecule has 1 aliphatic carbocycles. The van der Waals surface area contributed by atoms with Crippen LogP contribution in [-0.2, 0) is 43.0 Å². The number of carbonyl (C=O) groups excluding carboxylic acids is 10. The Morgan fingerprint density at radius 2 is 1.09 bits per heavy atom. The Labute approximate surface area is 496 Å². The summed E-state index contributed by atoms with van der Waals surface area (Å²) in [6, 6.07) is 15.2. The second kappa shape index (κ2) is 27.6. The molecule has 85 heavy (non-hydrogen) atoms. The summed E-state index contributed by atoms with van der Waals surface area (Å²) in [7, 11) is -0.412. The molecule has 460 valence electrons. The summed E-state index contributed by atoms with van der Waals surface area (Å²) in [6.07, 6.45) is 0.942. The van der Waals surface area contributed by atoms with Crippen LogP contribution in [0.15, 0.2) is 65.6 Å². The number of anilines is 2. The Hall–Kier alpha value is -7.61. The summed E-state index contributed by atoms with van der Waals surface area (Å²) in [5, 5.41) is 5.47. The summed E-state index contributed by atoms with van der Waals surface area (Å²) >= 11 is 0. The number of piperidine rings is 1. The summed E-state index contributed by atoms with van der Waals surface area (Å²) in [5.41, 5.74) is 2.94. The molecule has 2 unspecified atom stereocenters. The van der Waals surface area contributed by atoms with E-state index in [1.807, 2.05) is 39.8 Å². The molecule has 5 heterocycles. The summed E-state index contributed by atoms with van der Waals surface area (Å²) in [6.45, 7) is 21.3. The summed E-state index contributed by atoms with van der Waals surface area (Å²) < 4.78 is 39.5. The number of piperazine rings is 2. The van der Waals surface area contributed by atoms with E-state index in [4.69, 9.17) is 13.7 Å². The van der Waals surface area contributed by atoms with Crippen LogP contribution in [0, 0.1) is 6.92 Å². The predicted octanol–water partition coefficient (Wildman–Crippen LogP) is 4.81. The Bertz CT molecular complexity index is 3160. The molecule has 9 rings (SSSR count). The lowest BCUT2D eigenvalue weighted by Gasteiger charge is -2.36. The minimum Gasteiger partial charge on any atom is -0.444 e. The minimum atomic E-state index is -3.76. The number of carbonyl (C=O) groups is 10. The Kier molecular flexibility index (Phi) is 21.1. The number of nitrogens with zero attached hydrogens (tertiary/aromatic N) is 7. The lowest BCUT2D eigenvalue weighted by Crippen LogP contribution is -2.54. The van der Waals surface area contributed by atoms with E-state index in [0.29, 0.717) is 41.8 Å². The van der Waals surface area contributed by atoms with Crippen molar-refractivity contribution in [3.05, 3.63) is 88.5 Å². The van der Waals surface area contributed by atoms with E-state index in [9.17, 15) is 56.4 Å². The molecule has 3 aromatic carbocycles. The zero-order valence-corrected chi connectivity index (χ0v) is 50.8. The van der Waals surface area contributed by atoms with Gasteiger partial charge in [-0.2, -0.15) is 8.42 Å². The molecule has 4 fully saturated rings. The molecule has 6 aliphatic rings. The van der Waals surface area contributed by atoms with Crippen LogP contribution in [0.3, 0.4) is 0 Å². The number of rotatable bonds is 14. The van der Waals surface area contributed by atoms with E-state index in [-0.39, 0.29) is 67.2 Å². The van der Waals surface area contributed by atoms with Crippen LogP contribution in [0.5, 0.6) is 0 Å². The first-order valence-corrected chi connectivity index (χ1v) is 30.1. The molecule has 3 aromatic rings. The molecule has 3 saturated heterocycles. The topological polar surface area (TPSA) is 279 Å². The van der Waals surface area contributed by atoms with Crippen molar-refractivity contribution in [3.8, 4) is 0 Å². The number of hydrogen-bond donors (Lipinski definition) is 2. The van der Waals surface area contributed by atoms with Crippen molar-refractivity contribution in [1.29, 1.82) is 0 Å². The van der Waals surface area contributed by atoms with Crippen LogP contribution in [0.25, 0.3) is 0 Å². The van der Waals surface area contributed by atoms with Crippen molar-refractivity contribution < 1.29 is 70.0 Å². The van der Waals surface area contributed by atoms with Crippen LogP contribution < -0.4 is 20.4 Å². The predicted molar refractivity (Wildman–Crippen MR) is 313 cm³/mol. The van der Waals surface area contributed by atoms with Crippen molar-refractivity contribution in [2.24, 2.45) is 0 Å². The van der Waals surface area contributed by atoms with Crippen molar-refractivity contribution >= 4 is 80.7 Å². The van der Waals surface area contributed by atoms with Crippen molar-refractivity contribution in [1.82, 2.24) is 35.1 Å². The first kappa shape index (κ1) is 64.9. The van der Waals surface area contributed by atoms with Gasteiger partial charge in [0.1, 0.15) is 23.0 Å². The van der Waals surface area contributed by atoms with E-state index < -0.39 is 69.0 Å². The van der Waals surface area contributed by atoms with E-state index >= 15 is 0 Å². The molecule has 2 atom stereocenters. The third-order valence-corrected chi connectivity index (χ3v) is 16.2. The number of amides is 8. The molecule has 5 aliphatic heterocycles. The van der Waals surface area contributed by atoms with Gasteiger partial charge in [-0.05, 0) is 129 Å². The van der Waals surface area contributed by atoms with Gasteiger partial charge in [0, 0.05) is 104 Å². The fraction of sp³-hybridized carbons (Fsp3) is 0.533. The van der Waals surface area contributed by atoms with Gasteiger partial charge < -0.3 is 34.4 Å². The molecule has 0 radical (unpaired) electrons. The number of nitrogens with one attached hydrogen (secondary N) is 2. The highest BCUT2D eigenvalue weighted by molar-refractivity contribution is 7.86. The summed E-state index contributed by atoms with van der Waals surface area (Å²) in [5.74, 6) is -3.32. The molecular formula is C60H79N9O15S. The van der Waals surface area contributed by atoms with E-state index in [2.05, 4.69) is 25.3 Å². The number of fused-ring (bicyclic) bond motifs is 2. The second-order valence-corrected chi connectivity index (χ2v) is 25.4. The van der Waals surface area contributed by atoms with Gasteiger partial charge >= 0.3 is 12.2 Å². The first-order valence-electron chi connectivity index (χ1n) is 28.7. The molecule has 2 N–H and O–H groups in total. The van der Waals surface area contributed by atoms with Gasteiger partial charge in [-0.3, -0.25) is 62.6 Å². The van der Waals surface area contributed by atoms with Gasteiger partial charge in [-0.25, -0.2) is 9.59 Å². The zero-order valence-electron chi connectivity index (χ0n) is 50.0. The highest BCUT2D eigenvalue weighted by atomic mass is 32.2. The number of aryl methyl sites for hydroxylation is 1. The Morgan fingerprint density at radius 1 is 0.612 bits per heavy atom. The van der Waals surface area contributed by atoms with E-state index in [0.717, 1.165) is 92.1 Å². The van der Waals surface area contributed by atoms with Crippen LogP contribution in [0.4, 0.5) is 21.0 Å². The molecule has 24 nitrogen and oxygen atoms in total. The van der Waals surface area contributed by atoms with Crippen molar-refractivity contribution in [3.63, 3.8) is 0 Å². The third kappa shape index (κ3) is 16.9. The SMILES string of the molecule is CN(CCCN1CCN(c2ccc3c(c2)C(=O)N(C2CCC(=O)CC2=O)C3=O)CC1)C(=O)OC(C)(C)C.Cc1ccc(S(=O)(=O)OCCCN(C)C(=O)OC(C)(C)C)cc1.O=C1CCC(N2C(=O)c3ccc(N4CCNCC4)cc3C2=O)C(=O)N1. The van der Waals surface area contributed by atoms with Crippen LogP contribution >= 0.6 is 0 Å². The standard InChI is InChI=1S/C27H36N4O6.C17H18N4O4.C16H25NO5S/c1-27(2,3)37-26(36)28(4)10-5-11-29-12-14-30(15-13-29)18-6-8-20-21(16-18)25(35)31(24(20)34)22-9-7-19(32)17-23(22)33;22-14-4-3-13(15(23)19-14)21-16(24)11-2-1-10(9-12(11)17(21)25)20-7-5-18-6-8-20;1-13-7-9-14(10-8-13)23(19,20)21-12-6-11-17(5)15(18)22-16(2,3)4/h6,8,16,22H,5,7,9-15,17H2,1-4H3;1-2,9,13,18H,3-8H2,(H,19,22,23);7-10H,6,11-12H2,1-5H3. The lowest BCUT2D eigenvalue weighted by atomic mass is 9.92. The van der Waals surface area contributed by atoms with Gasteiger partial charge in [0.15, 0.2) is 5.78 Å². The Balaban J connectivity index is 0.000000190. The number of benzene rings is 3. The minimum absolute atomic E-state index is 0.00332. The third-order valence-electron chi connectivity index (χ3n) is 14.9. The highest BCUT2D eigenvalue weighted by Gasteiger charge is 2.46. The number of imide groups is 3. The largest absolute Gasteiger partial charge is 0.444 e. The molecular weight excluding hydrogens is 1120 g/mol. The maximum Gasteiger partial charge on any atom is 0.410 e. The average molecular weight is 1200 g/mol. The van der Waals surface area contributed by atoms with Gasteiger partial charge in [0.2, 0.25) is 11.8 Å². The molecule has 0 aromatic heterocycles. The Morgan fingerprint density at radius 3 is 1.60 bits per heavy atom. The zero-order chi connectivity index (χ0) is 62.1. The fourth-order valence-corrected chi connectivity index (χ4v) is 11.2. The monoisotopic (exact) mass is 1200 g/mol. The maximum atomic E-state index is 13.1. The van der Waals surface area contributed by atoms with Gasteiger partial charge in [0.05, 0.1) is 46.2 Å². The van der Waals surface area contributed by atoms with Crippen LogP contribution in [-0.4, -0.2) is 208 Å². The molecule has 0 spiro atoms. The molecule has 8 amide bonds. The normalized spacial score (nSPS) is 19.4. The van der Waals surface area contributed by atoms with E-state index in [1.165, 1.54) is 17.0 Å². The number of ether oxygens (including phenoxy) is 2. The molecule has 0 bridgehead atoms. The van der Waals surface area contributed by atoms with E-state index in [1.54, 1.807) is 76.2 Å². The number of Topliss-reactive ketones (excluding diaryl/α,β-unsaturated/α-hetero) is 2. The van der Waals surface area contributed by atoms with Crippen molar-refractivity contribution in [2.75, 3.05) is 102 Å². The lowest BCUT2D eigenvalue weighted by molar-refractivity contribution is -0.136. The smallest absolute Gasteiger partial charge is 0.410 e. The quantitative estimate of drug-likeness (QED) is 0.0948. The number of hydrogen-bond acceptors (Lipinski definition) is 19. The maximum absolute atomic E-state index is 13.1. The highest BCUT2D eigenvalue weighted by Crippen LogP contribution is 2.33. The second-order valence-electron chi connectivity index (χ2n) is 23.8. The van der Waals surface area contributed by atoms with Gasteiger partial charge in [-0.1, -0.05) is 17.7 Å². The average Bonchev–Trinajstić information content (AvgIpc) is 2.02. The first-order chi connectivity index (χ1) is 40.0. The number of ketones is 2. The van der Waals surface area contributed by atoms with Gasteiger partial charge in [0.25, 0.3) is 33.7 Å². The molecule has 25 heteroatoms. The van der Waals surface area contributed by atoms with Gasteiger partial charge in [-0.15, -0.1) is 0 Å². The van der Waals surface area contributed by atoms with Crippen LogP contribution in [0.2, 0.25) is 0 Å². The molecule has 1 saturated carbocycles.